The van der Waals surface area contributed by atoms with E-state index in [9.17, 15) is 4.79 Å². The Morgan fingerprint density at radius 2 is 1.77 bits per heavy atom. The van der Waals surface area contributed by atoms with Gasteiger partial charge in [-0.2, -0.15) is 4.98 Å². The number of piperazine rings is 1. The minimum absolute atomic E-state index is 0.266. The Balaban J connectivity index is 1.15. The van der Waals surface area contributed by atoms with Crippen molar-refractivity contribution in [2.75, 3.05) is 57.9 Å². The minimum atomic E-state index is -0.669. The van der Waals surface area contributed by atoms with Crippen LogP contribution < -0.4 is 9.64 Å². The van der Waals surface area contributed by atoms with Crippen molar-refractivity contribution in [2.45, 2.75) is 120 Å². The van der Waals surface area contributed by atoms with Crippen molar-refractivity contribution in [1.82, 2.24) is 24.9 Å². The molecule has 1 amide bonds. The highest BCUT2D eigenvalue weighted by atomic mass is 35.5. The number of fused-ring (bicyclic) bond motifs is 3. The summed E-state index contributed by atoms with van der Waals surface area (Å²) in [5.74, 6) is 1.60. The maximum atomic E-state index is 13.2. The third-order valence-corrected chi connectivity index (χ3v) is 11.9. The van der Waals surface area contributed by atoms with Crippen LogP contribution in [0.2, 0.25) is 5.02 Å². The van der Waals surface area contributed by atoms with Crippen molar-refractivity contribution in [1.29, 1.82) is 0 Å². The fourth-order valence-corrected chi connectivity index (χ4v) is 9.25. The molecule has 0 unspecified atom stereocenters. The number of carbonyl (C=O) groups excluding carboxylic acids is 1. The summed E-state index contributed by atoms with van der Waals surface area (Å²) in [5.41, 5.74) is 0.427. The second kappa shape index (κ2) is 12.0. The maximum absolute atomic E-state index is 13.2. The van der Waals surface area contributed by atoms with Crippen LogP contribution in [0.3, 0.4) is 0 Å². The molecule has 0 radical (unpaired) electrons. The van der Waals surface area contributed by atoms with E-state index in [4.69, 9.17) is 45.0 Å². The molecule has 0 bridgehead atoms. The summed E-state index contributed by atoms with van der Waals surface area (Å²) in [4.78, 5) is 29.7. The van der Waals surface area contributed by atoms with Crippen LogP contribution in [0.15, 0.2) is 4.52 Å². The van der Waals surface area contributed by atoms with Crippen molar-refractivity contribution in [3.8, 4) is 17.4 Å². The highest BCUT2D eigenvalue weighted by molar-refractivity contribution is 6.34. The van der Waals surface area contributed by atoms with Crippen LogP contribution in [-0.2, 0) is 26.0 Å². The van der Waals surface area contributed by atoms with Gasteiger partial charge in [0.2, 0.25) is 5.88 Å². The normalized spacial score (nSPS) is 28.0. The number of hydrogen-bond donors (Lipinski definition) is 0. The van der Waals surface area contributed by atoms with Gasteiger partial charge in [0.1, 0.15) is 17.2 Å². The second-order valence-electron chi connectivity index (χ2n) is 15.8. The quantitative estimate of drug-likeness (QED) is 0.384. The fourth-order valence-electron chi connectivity index (χ4n) is 8.99. The predicted molar refractivity (Wildman–Crippen MR) is 179 cm³/mol. The minimum Gasteiger partial charge on any atom is -0.475 e. The molecule has 3 aliphatic carbocycles. The van der Waals surface area contributed by atoms with Crippen LogP contribution >= 0.6 is 11.6 Å². The van der Waals surface area contributed by atoms with Crippen molar-refractivity contribution in [3.63, 3.8) is 0 Å². The van der Waals surface area contributed by atoms with Gasteiger partial charge in [0.25, 0.3) is 0 Å². The van der Waals surface area contributed by atoms with E-state index in [1.165, 1.54) is 0 Å². The van der Waals surface area contributed by atoms with Gasteiger partial charge in [0.15, 0.2) is 28.9 Å². The van der Waals surface area contributed by atoms with Gasteiger partial charge in [-0.05, 0) is 92.2 Å². The molecule has 262 valence electrons. The van der Waals surface area contributed by atoms with Gasteiger partial charge >= 0.3 is 6.09 Å². The largest absolute Gasteiger partial charge is 0.475 e. The predicted octanol–water partition coefficient (Wildman–Crippen LogP) is 5.74. The highest BCUT2D eigenvalue weighted by Crippen LogP contribution is 2.57. The van der Waals surface area contributed by atoms with E-state index in [1.54, 1.807) is 0 Å². The molecule has 5 fully saturated rings. The molecule has 12 nitrogen and oxygen atoms in total. The number of likely N-dealkylation sites (N-methyl/N-ethyl adjacent to an activating group) is 1. The Labute approximate surface area is 287 Å². The smallest absolute Gasteiger partial charge is 0.410 e. The summed E-state index contributed by atoms with van der Waals surface area (Å²) >= 11 is 7.15. The molecular weight excluding hydrogens is 636 g/mol. The summed E-state index contributed by atoms with van der Waals surface area (Å²) in [6, 6.07) is 0.295. The van der Waals surface area contributed by atoms with Gasteiger partial charge in [-0.25, -0.2) is 9.78 Å². The van der Waals surface area contributed by atoms with Gasteiger partial charge < -0.3 is 33.3 Å². The van der Waals surface area contributed by atoms with Gasteiger partial charge in [0, 0.05) is 37.7 Å². The molecule has 48 heavy (non-hydrogen) atoms. The van der Waals surface area contributed by atoms with Gasteiger partial charge in [-0.1, -0.05) is 23.2 Å². The summed E-state index contributed by atoms with van der Waals surface area (Å²) in [5, 5.41) is 5.07. The number of aromatic nitrogens is 3. The first-order valence-corrected chi connectivity index (χ1v) is 18.3. The fraction of sp³-hybridized carbons (Fsp3) is 0.771. The summed E-state index contributed by atoms with van der Waals surface area (Å²) < 4.78 is 31.4. The Kier molecular flexibility index (Phi) is 8.12. The van der Waals surface area contributed by atoms with Gasteiger partial charge in [-0.15, -0.1) is 0 Å². The van der Waals surface area contributed by atoms with E-state index in [1.807, 2.05) is 25.7 Å². The summed E-state index contributed by atoms with van der Waals surface area (Å²) in [6.07, 6.45) is 10.4. The van der Waals surface area contributed by atoms with Crippen LogP contribution in [0, 0.1) is 0 Å². The Bertz CT molecular complexity index is 1550. The highest BCUT2D eigenvalue weighted by Gasteiger charge is 2.62. The average Bonchev–Trinajstić information content (AvgIpc) is 3.40. The van der Waals surface area contributed by atoms with Crippen molar-refractivity contribution in [2.24, 2.45) is 0 Å². The third kappa shape index (κ3) is 5.45. The van der Waals surface area contributed by atoms with E-state index in [-0.39, 0.29) is 17.0 Å². The zero-order valence-corrected chi connectivity index (χ0v) is 29.6. The number of amides is 1. The van der Waals surface area contributed by atoms with Crippen molar-refractivity contribution >= 4 is 23.5 Å². The molecule has 0 aromatic carbocycles. The van der Waals surface area contributed by atoms with Crippen LogP contribution in [-0.4, -0.2) is 107 Å². The molecule has 2 aromatic heterocycles. The lowest BCUT2D eigenvalue weighted by Gasteiger charge is -2.50. The molecule has 5 heterocycles. The zero-order valence-electron chi connectivity index (χ0n) is 28.8. The van der Waals surface area contributed by atoms with Crippen molar-refractivity contribution in [3.05, 3.63) is 16.3 Å². The molecule has 13 heteroatoms. The van der Waals surface area contributed by atoms with Crippen molar-refractivity contribution < 1.29 is 28.3 Å². The van der Waals surface area contributed by atoms with Crippen LogP contribution in [0.5, 0.6) is 5.88 Å². The number of halogens is 1. The topological polar surface area (TPSA) is 116 Å². The number of ether oxygens (including phenoxy) is 4. The lowest BCUT2D eigenvalue weighted by Crippen LogP contribution is -2.58. The van der Waals surface area contributed by atoms with E-state index in [0.29, 0.717) is 73.7 Å². The number of likely N-dealkylation sites (tertiary alicyclic amines) is 1. The Morgan fingerprint density at radius 3 is 2.50 bits per heavy atom. The molecule has 2 atom stereocenters. The van der Waals surface area contributed by atoms with E-state index in [0.717, 1.165) is 88.5 Å². The molecule has 3 spiro atoms. The Morgan fingerprint density at radius 1 is 1.00 bits per heavy atom. The van der Waals surface area contributed by atoms with Crippen LogP contribution in [0.1, 0.15) is 96.3 Å². The molecule has 8 rings (SSSR count). The van der Waals surface area contributed by atoms with E-state index in [2.05, 4.69) is 22.0 Å². The monoisotopic (exact) mass is 684 g/mol. The molecule has 0 N–H and O–H groups in total. The number of rotatable bonds is 5. The van der Waals surface area contributed by atoms with E-state index >= 15 is 0 Å². The average molecular weight is 685 g/mol. The van der Waals surface area contributed by atoms with Crippen LogP contribution in [0.4, 0.5) is 10.6 Å². The number of nitrogens with zero attached hydrogens (tertiary/aromatic N) is 6. The maximum Gasteiger partial charge on any atom is 0.410 e. The van der Waals surface area contributed by atoms with E-state index < -0.39 is 11.4 Å². The first-order chi connectivity index (χ1) is 23.0. The second-order valence-corrected chi connectivity index (χ2v) is 16.2. The first-order valence-electron chi connectivity index (χ1n) is 18.0. The SMILES string of the molecule is CN1CCC[C@H]1COc1nc(-c2noc3c2CCC[C@@]32CCCCC23OCCO3)nc(N2CCN(C(=O)OC(C)(C)C)C3(CC3)C2)c1Cl. The zero-order chi connectivity index (χ0) is 33.3. The van der Waals surface area contributed by atoms with Crippen LogP contribution in [0.25, 0.3) is 11.5 Å². The number of hydrogen-bond acceptors (Lipinski definition) is 11. The lowest BCUT2D eigenvalue weighted by atomic mass is 9.61. The molecular formula is C35H49ClN6O6. The third-order valence-electron chi connectivity index (χ3n) is 11.6. The molecule has 2 aromatic rings. The first kappa shape index (κ1) is 32.5. The molecule has 3 saturated heterocycles. The Hall–Kier alpha value is -2.67. The number of carbonyl (C=O) groups is 1. The summed E-state index contributed by atoms with van der Waals surface area (Å²) in [6.45, 7) is 10.1. The standard InChI is InChI=1S/C35H49ClN6O6/c1-32(2,3)47-31(43)42-18-17-41(22-33(42)14-15-33)29-25(36)30(44-21-23-9-8-16-40(23)4)38-28(37-29)26-24-10-7-12-34(27(24)48-39-26)11-5-6-13-35(34)45-19-20-46-35/h23H,5-22H2,1-4H3/t23-,34-/m0/s1. The number of anilines is 1. The molecule has 2 saturated carbocycles. The molecule has 6 aliphatic rings. The van der Waals surface area contributed by atoms with Gasteiger partial charge in [0.05, 0.1) is 24.2 Å². The lowest BCUT2D eigenvalue weighted by molar-refractivity contribution is -0.235. The summed E-state index contributed by atoms with van der Waals surface area (Å²) in [7, 11) is 2.13. The molecule has 3 aliphatic heterocycles. The van der Waals surface area contributed by atoms with Gasteiger partial charge in [-0.3, -0.25) is 4.90 Å².